The van der Waals surface area contributed by atoms with E-state index in [1.165, 1.54) is 0 Å². The van der Waals surface area contributed by atoms with Crippen LogP contribution in [0.15, 0.2) is 12.4 Å². The topological polar surface area (TPSA) is 56.1 Å². The number of rotatable bonds is 6. The van der Waals surface area contributed by atoms with Crippen molar-refractivity contribution in [2.45, 2.75) is 45.3 Å². The summed E-state index contributed by atoms with van der Waals surface area (Å²) in [5.41, 5.74) is -0.799. The number of imidazole rings is 1. The summed E-state index contributed by atoms with van der Waals surface area (Å²) in [6.07, 6.45) is 5.97. The van der Waals surface area contributed by atoms with Gasteiger partial charge in [0.2, 0.25) is 0 Å². The number of aromatic nitrogens is 2. The molecule has 1 fully saturated rings. The summed E-state index contributed by atoms with van der Waals surface area (Å²) in [7, 11) is 1.96. The van der Waals surface area contributed by atoms with Crippen LogP contribution in [0.4, 0.5) is 0 Å². The van der Waals surface area contributed by atoms with Gasteiger partial charge in [-0.05, 0) is 39.5 Å². The molecule has 0 aromatic carbocycles. The Bertz CT molecular complexity index is 449. The van der Waals surface area contributed by atoms with Crippen LogP contribution in [0.25, 0.3) is 0 Å². The Labute approximate surface area is 114 Å². The zero-order chi connectivity index (χ0) is 14.0. The standard InChI is InChI=1S/C14H23N3O2/c1-5-19-14(2,3)13(18)16-11(10-6-7-10)12-15-8-9-17(12)4/h8-11H,5-7H2,1-4H3,(H,16,18)/t11-/m0/s1. The molecule has 1 saturated carbocycles. The predicted octanol–water partition coefficient (Wildman–Crippen LogP) is 1.80. The molecule has 5 heteroatoms. The lowest BCUT2D eigenvalue weighted by molar-refractivity contribution is -0.143. The molecule has 0 bridgehead atoms. The van der Waals surface area contributed by atoms with Gasteiger partial charge in [-0.1, -0.05) is 0 Å². The molecule has 1 heterocycles. The van der Waals surface area contributed by atoms with Crippen LogP contribution in [-0.2, 0) is 16.6 Å². The third-order valence-corrected chi connectivity index (χ3v) is 3.57. The van der Waals surface area contributed by atoms with Gasteiger partial charge < -0.3 is 14.6 Å². The van der Waals surface area contributed by atoms with Crippen LogP contribution >= 0.6 is 0 Å². The zero-order valence-electron chi connectivity index (χ0n) is 12.1. The molecule has 0 spiro atoms. The minimum atomic E-state index is -0.799. The number of ether oxygens (including phenoxy) is 1. The van der Waals surface area contributed by atoms with Crippen molar-refractivity contribution in [3.63, 3.8) is 0 Å². The first-order valence-corrected chi connectivity index (χ1v) is 6.88. The van der Waals surface area contributed by atoms with Crippen molar-refractivity contribution in [3.05, 3.63) is 18.2 Å². The number of aryl methyl sites for hydroxylation is 1. The Morgan fingerprint density at radius 1 is 1.63 bits per heavy atom. The molecule has 1 atom stereocenters. The average molecular weight is 265 g/mol. The van der Waals surface area contributed by atoms with Crippen LogP contribution in [0.2, 0.25) is 0 Å². The first-order chi connectivity index (χ1) is 8.95. The molecule has 5 nitrogen and oxygen atoms in total. The van der Waals surface area contributed by atoms with Crippen LogP contribution in [0, 0.1) is 5.92 Å². The van der Waals surface area contributed by atoms with Gasteiger partial charge in [-0.3, -0.25) is 4.79 Å². The predicted molar refractivity (Wildman–Crippen MR) is 72.5 cm³/mol. The quantitative estimate of drug-likeness (QED) is 0.853. The SMILES string of the molecule is CCOC(C)(C)C(=O)N[C@H](c1nccn1C)C1CC1. The van der Waals surface area contributed by atoms with Gasteiger partial charge in [0, 0.05) is 26.0 Å². The van der Waals surface area contributed by atoms with Crippen LogP contribution in [0.3, 0.4) is 0 Å². The summed E-state index contributed by atoms with van der Waals surface area (Å²) in [6.45, 7) is 6.02. The minimum absolute atomic E-state index is 0.00719. The molecule has 1 amide bonds. The van der Waals surface area contributed by atoms with Crippen molar-refractivity contribution in [2.24, 2.45) is 13.0 Å². The van der Waals surface area contributed by atoms with E-state index in [0.717, 1.165) is 18.7 Å². The molecule has 2 rings (SSSR count). The highest BCUT2D eigenvalue weighted by Gasteiger charge is 2.38. The van der Waals surface area contributed by atoms with E-state index in [4.69, 9.17) is 4.74 Å². The molecule has 0 aliphatic heterocycles. The smallest absolute Gasteiger partial charge is 0.252 e. The van der Waals surface area contributed by atoms with Crippen molar-refractivity contribution >= 4 is 5.91 Å². The van der Waals surface area contributed by atoms with Crippen LogP contribution in [0.1, 0.15) is 45.5 Å². The molecular formula is C14H23N3O2. The molecule has 0 saturated heterocycles. The van der Waals surface area contributed by atoms with Gasteiger partial charge in [-0.2, -0.15) is 0 Å². The van der Waals surface area contributed by atoms with Gasteiger partial charge in [0.1, 0.15) is 11.4 Å². The summed E-state index contributed by atoms with van der Waals surface area (Å²) in [5.74, 6) is 1.35. The monoisotopic (exact) mass is 265 g/mol. The van der Waals surface area contributed by atoms with E-state index in [0.29, 0.717) is 12.5 Å². The molecule has 1 aliphatic rings. The largest absolute Gasteiger partial charge is 0.366 e. The summed E-state index contributed by atoms with van der Waals surface area (Å²) in [4.78, 5) is 16.7. The molecular weight excluding hydrogens is 242 g/mol. The Hall–Kier alpha value is -1.36. The van der Waals surface area contributed by atoms with E-state index in [9.17, 15) is 4.79 Å². The molecule has 1 aromatic rings. The second kappa shape index (κ2) is 5.33. The lowest BCUT2D eigenvalue weighted by atomic mass is 10.1. The zero-order valence-corrected chi connectivity index (χ0v) is 12.1. The number of amides is 1. The molecule has 0 radical (unpaired) electrons. The third-order valence-electron chi connectivity index (χ3n) is 3.57. The van der Waals surface area contributed by atoms with Gasteiger partial charge in [0.25, 0.3) is 5.91 Å². The van der Waals surface area contributed by atoms with E-state index >= 15 is 0 Å². The highest BCUT2D eigenvalue weighted by atomic mass is 16.5. The Morgan fingerprint density at radius 3 is 2.79 bits per heavy atom. The van der Waals surface area contributed by atoms with Gasteiger partial charge in [-0.25, -0.2) is 4.98 Å². The summed E-state index contributed by atoms with van der Waals surface area (Å²) >= 11 is 0. The second-order valence-electron chi connectivity index (χ2n) is 5.63. The number of nitrogens with zero attached hydrogens (tertiary/aromatic N) is 2. The highest BCUT2D eigenvalue weighted by Crippen LogP contribution is 2.40. The maximum atomic E-state index is 12.3. The van der Waals surface area contributed by atoms with Crippen molar-refractivity contribution < 1.29 is 9.53 Å². The molecule has 1 N–H and O–H groups in total. The normalized spacial score (nSPS) is 17.3. The molecule has 1 aromatic heterocycles. The fraction of sp³-hybridized carbons (Fsp3) is 0.714. The van der Waals surface area contributed by atoms with Crippen molar-refractivity contribution in [1.29, 1.82) is 0 Å². The fourth-order valence-electron chi connectivity index (χ4n) is 2.24. The minimum Gasteiger partial charge on any atom is -0.366 e. The Kier molecular flexibility index (Phi) is 3.94. The van der Waals surface area contributed by atoms with Crippen molar-refractivity contribution in [1.82, 2.24) is 14.9 Å². The summed E-state index contributed by atoms with van der Waals surface area (Å²) in [6, 6.07) is -0.00719. The van der Waals surface area contributed by atoms with Crippen LogP contribution in [0.5, 0.6) is 0 Å². The number of hydrogen-bond donors (Lipinski definition) is 1. The van der Waals surface area contributed by atoms with E-state index in [1.54, 1.807) is 20.0 Å². The fourth-order valence-corrected chi connectivity index (χ4v) is 2.24. The molecule has 106 valence electrons. The van der Waals surface area contributed by atoms with E-state index < -0.39 is 5.60 Å². The Balaban J connectivity index is 2.10. The lowest BCUT2D eigenvalue weighted by Gasteiger charge is -2.27. The number of carbonyl (C=O) groups is 1. The summed E-state index contributed by atoms with van der Waals surface area (Å²) < 4.78 is 7.47. The lowest BCUT2D eigenvalue weighted by Crippen LogP contribution is -2.46. The Morgan fingerprint density at radius 2 is 2.32 bits per heavy atom. The number of hydrogen-bond acceptors (Lipinski definition) is 3. The molecule has 19 heavy (non-hydrogen) atoms. The molecule has 1 aliphatic carbocycles. The van der Waals surface area contributed by atoms with Crippen LogP contribution < -0.4 is 5.32 Å². The average Bonchev–Trinajstić information content (AvgIpc) is 3.09. The summed E-state index contributed by atoms with van der Waals surface area (Å²) in [5, 5.41) is 3.10. The second-order valence-corrected chi connectivity index (χ2v) is 5.63. The van der Waals surface area contributed by atoms with Gasteiger partial charge in [0.15, 0.2) is 0 Å². The van der Waals surface area contributed by atoms with Gasteiger partial charge in [0.05, 0.1) is 6.04 Å². The van der Waals surface area contributed by atoms with E-state index in [2.05, 4.69) is 10.3 Å². The van der Waals surface area contributed by atoms with Crippen molar-refractivity contribution in [2.75, 3.05) is 6.61 Å². The maximum Gasteiger partial charge on any atom is 0.252 e. The number of carbonyl (C=O) groups excluding carboxylic acids is 1. The van der Waals surface area contributed by atoms with Crippen LogP contribution in [-0.4, -0.2) is 27.7 Å². The van der Waals surface area contributed by atoms with Gasteiger partial charge >= 0.3 is 0 Å². The first kappa shape index (κ1) is 14.1. The van der Waals surface area contributed by atoms with E-state index in [1.807, 2.05) is 24.7 Å². The number of nitrogens with one attached hydrogen (secondary N) is 1. The van der Waals surface area contributed by atoms with Crippen molar-refractivity contribution in [3.8, 4) is 0 Å². The molecule has 0 unspecified atom stereocenters. The highest BCUT2D eigenvalue weighted by molar-refractivity contribution is 5.84. The first-order valence-electron chi connectivity index (χ1n) is 6.88. The van der Waals surface area contributed by atoms with Gasteiger partial charge in [-0.15, -0.1) is 0 Å². The van der Waals surface area contributed by atoms with E-state index in [-0.39, 0.29) is 11.9 Å². The third kappa shape index (κ3) is 3.15. The maximum absolute atomic E-state index is 12.3.